The van der Waals surface area contributed by atoms with Gasteiger partial charge in [-0.3, -0.25) is 14.4 Å². The Balaban J connectivity index is 0.000000363. The molecule has 174 valence electrons. The van der Waals surface area contributed by atoms with E-state index < -0.39 is 36.1 Å². The van der Waals surface area contributed by atoms with Crippen LogP contribution in [-0.2, 0) is 36.7 Å². The third kappa shape index (κ3) is 11.2. The number of nitrogens with two attached hydrogens (primary N) is 3. The van der Waals surface area contributed by atoms with E-state index in [1.807, 2.05) is 60.7 Å². The molecule has 32 heavy (non-hydrogen) atoms. The lowest BCUT2D eigenvalue weighted by atomic mass is 10.1. The van der Waals surface area contributed by atoms with Gasteiger partial charge in [0, 0.05) is 0 Å². The second kappa shape index (κ2) is 14.7. The second-order valence-corrected chi connectivity index (χ2v) is 7.07. The van der Waals surface area contributed by atoms with Crippen molar-refractivity contribution in [3.8, 4) is 0 Å². The Morgan fingerprint density at radius 1 is 0.875 bits per heavy atom. The first-order valence-electron chi connectivity index (χ1n) is 10.1. The van der Waals surface area contributed by atoms with E-state index in [-0.39, 0.29) is 13.2 Å². The molecule has 2 aromatic carbocycles. The first-order valence-corrected chi connectivity index (χ1v) is 10.1. The van der Waals surface area contributed by atoms with Crippen molar-refractivity contribution < 1.29 is 29.0 Å². The average Bonchev–Trinajstić information content (AvgIpc) is 2.79. The van der Waals surface area contributed by atoms with Crippen molar-refractivity contribution in [2.24, 2.45) is 17.2 Å². The Bertz CT molecular complexity index is 832. The number of hydrogen-bond acceptors (Lipinski definition) is 8. The smallest absolute Gasteiger partial charge is 0.323 e. The molecular formula is C23H31N3O6. The number of ether oxygens (including phenoxy) is 2. The zero-order valence-electron chi connectivity index (χ0n) is 18.1. The fraction of sp³-hybridized carbons (Fsp3) is 0.348. The van der Waals surface area contributed by atoms with Gasteiger partial charge in [-0.25, -0.2) is 0 Å². The van der Waals surface area contributed by atoms with Crippen LogP contribution in [0.5, 0.6) is 0 Å². The predicted molar refractivity (Wildman–Crippen MR) is 119 cm³/mol. The fourth-order valence-corrected chi connectivity index (χ4v) is 2.52. The lowest BCUT2D eigenvalue weighted by Crippen LogP contribution is -2.36. The van der Waals surface area contributed by atoms with Crippen LogP contribution in [0, 0.1) is 0 Å². The molecule has 0 fully saturated rings. The summed E-state index contributed by atoms with van der Waals surface area (Å²) in [5.41, 5.74) is 18.1. The van der Waals surface area contributed by atoms with Crippen molar-refractivity contribution in [1.29, 1.82) is 0 Å². The molecule has 0 saturated heterocycles. The van der Waals surface area contributed by atoms with Crippen molar-refractivity contribution in [1.82, 2.24) is 0 Å². The van der Waals surface area contributed by atoms with Gasteiger partial charge in [0.05, 0.1) is 6.54 Å². The third-order valence-corrected chi connectivity index (χ3v) is 4.18. The molecule has 3 atom stereocenters. The largest absolute Gasteiger partial charge is 0.480 e. The summed E-state index contributed by atoms with van der Waals surface area (Å²) < 4.78 is 9.87. The van der Waals surface area contributed by atoms with Crippen LogP contribution in [0.25, 0.3) is 0 Å². The maximum atomic E-state index is 11.7. The lowest BCUT2D eigenvalue weighted by Gasteiger charge is -2.15. The number of carbonyl (C=O) groups excluding carboxylic acids is 2. The Labute approximate surface area is 187 Å². The number of aliphatic carboxylic acids is 1. The van der Waals surface area contributed by atoms with Crippen molar-refractivity contribution >= 4 is 17.9 Å². The van der Waals surface area contributed by atoms with Gasteiger partial charge in [-0.15, -0.1) is 0 Å². The Morgan fingerprint density at radius 2 is 1.34 bits per heavy atom. The summed E-state index contributed by atoms with van der Waals surface area (Å²) in [5, 5.41) is 8.52. The van der Waals surface area contributed by atoms with Crippen LogP contribution in [0.1, 0.15) is 18.1 Å². The van der Waals surface area contributed by atoms with Gasteiger partial charge in [0.25, 0.3) is 0 Å². The van der Waals surface area contributed by atoms with Gasteiger partial charge in [0.2, 0.25) is 0 Å². The monoisotopic (exact) mass is 445 g/mol. The van der Waals surface area contributed by atoms with Crippen LogP contribution >= 0.6 is 0 Å². The molecule has 9 nitrogen and oxygen atoms in total. The summed E-state index contributed by atoms with van der Waals surface area (Å²) in [5.74, 6) is -2.02. The summed E-state index contributed by atoms with van der Waals surface area (Å²) >= 11 is 0. The number of esters is 2. The van der Waals surface area contributed by atoms with Crippen LogP contribution < -0.4 is 17.2 Å². The SMILES string of the molecule is CC(COC(=O)[C@@H](N)Cc1ccccc1)OC(=O)CN.N[C@@H](Cc1ccccc1)C(=O)O. The zero-order valence-corrected chi connectivity index (χ0v) is 18.1. The van der Waals surface area contributed by atoms with E-state index in [1.165, 1.54) is 0 Å². The quantitative estimate of drug-likeness (QED) is 0.383. The first kappa shape index (κ1) is 26.8. The zero-order chi connectivity index (χ0) is 23.9. The number of hydrogen-bond donors (Lipinski definition) is 4. The van der Waals surface area contributed by atoms with Gasteiger partial charge in [0.1, 0.15) is 24.8 Å². The highest BCUT2D eigenvalue weighted by molar-refractivity contribution is 5.76. The van der Waals surface area contributed by atoms with E-state index in [2.05, 4.69) is 0 Å². The van der Waals surface area contributed by atoms with Crippen molar-refractivity contribution in [2.45, 2.75) is 38.0 Å². The molecule has 0 radical (unpaired) electrons. The standard InChI is InChI=1S/C14H20N2O4.C9H11NO2/c1-10(20-13(17)8-15)9-19-14(18)12(16)7-11-5-3-2-4-6-11;10-8(9(11)12)6-7-4-2-1-3-5-7/h2-6,10,12H,7-9,15-16H2,1H3;1-5,8H,6,10H2,(H,11,12)/t10?,12-;8-/m00/s1. The fourth-order valence-electron chi connectivity index (χ4n) is 2.52. The number of carboxylic acids is 1. The molecule has 1 unspecified atom stereocenters. The highest BCUT2D eigenvalue weighted by Gasteiger charge is 2.18. The Kier molecular flexibility index (Phi) is 12.3. The molecular weight excluding hydrogens is 414 g/mol. The van der Waals surface area contributed by atoms with Gasteiger partial charge >= 0.3 is 17.9 Å². The van der Waals surface area contributed by atoms with E-state index in [0.717, 1.165) is 11.1 Å². The summed E-state index contributed by atoms with van der Waals surface area (Å²) in [7, 11) is 0. The molecule has 9 heteroatoms. The van der Waals surface area contributed by atoms with Gasteiger partial charge in [0.15, 0.2) is 0 Å². The number of carbonyl (C=O) groups is 3. The summed E-state index contributed by atoms with van der Waals surface area (Å²) in [6.07, 6.45) is 0.242. The van der Waals surface area contributed by atoms with Crippen molar-refractivity contribution in [2.75, 3.05) is 13.2 Å². The molecule has 0 aromatic heterocycles. The predicted octanol–water partition coefficient (Wildman–Crippen LogP) is 0.631. The maximum Gasteiger partial charge on any atom is 0.323 e. The molecule has 0 spiro atoms. The number of benzene rings is 2. The van der Waals surface area contributed by atoms with Gasteiger partial charge in [-0.05, 0) is 30.9 Å². The molecule has 2 rings (SSSR count). The number of carboxylic acid groups (broad SMARTS) is 1. The van der Waals surface area contributed by atoms with Crippen molar-refractivity contribution in [3.63, 3.8) is 0 Å². The summed E-state index contributed by atoms with van der Waals surface area (Å²) in [6.45, 7) is 1.38. The molecule has 0 heterocycles. The van der Waals surface area contributed by atoms with Gasteiger partial charge < -0.3 is 31.8 Å². The molecule has 0 saturated carbocycles. The second-order valence-electron chi connectivity index (χ2n) is 7.07. The number of rotatable bonds is 10. The maximum absolute atomic E-state index is 11.7. The van der Waals surface area contributed by atoms with E-state index >= 15 is 0 Å². The van der Waals surface area contributed by atoms with E-state index in [9.17, 15) is 14.4 Å². The average molecular weight is 446 g/mol. The summed E-state index contributed by atoms with van der Waals surface area (Å²) in [4.78, 5) is 33.0. The Hall–Kier alpha value is -3.27. The molecule has 0 aliphatic rings. The van der Waals surface area contributed by atoms with E-state index in [1.54, 1.807) is 6.92 Å². The van der Waals surface area contributed by atoms with Crippen LogP contribution in [0.4, 0.5) is 0 Å². The highest BCUT2D eigenvalue weighted by atomic mass is 16.6. The normalized spacial score (nSPS) is 13.0. The van der Waals surface area contributed by atoms with Crippen LogP contribution in [0.3, 0.4) is 0 Å². The molecule has 0 amide bonds. The molecule has 0 aliphatic carbocycles. The van der Waals surface area contributed by atoms with Gasteiger partial charge in [-0.1, -0.05) is 60.7 Å². The van der Waals surface area contributed by atoms with Crippen LogP contribution in [-0.4, -0.2) is 54.4 Å². The van der Waals surface area contributed by atoms with Gasteiger partial charge in [-0.2, -0.15) is 0 Å². The minimum absolute atomic E-state index is 0.0347. The summed E-state index contributed by atoms with van der Waals surface area (Å²) in [6, 6.07) is 17.2. The molecule has 0 bridgehead atoms. The van der Waals surface area contributed by atoms with Crippen LogP contribution in [0.2, 0.25) is 0 Å². The van der Waals surface area contributed by atoms with E-state index in [0.29, 0.717) is 12.8 Å². The third-order valence-electron chi connectivity index (χ3n) is 4.18. The molecule has 0 aliphatic heterocycles. The van der Waals surface area contributed by atoms with Crippen LogP contribution in [0.15, 0.2) is 60.7 Å². The minimum atomic E-state index is -0.959. The molecule has 7 N–H and O–H groups in total. The van der Waals surface area contributed by atoms with E-state index in [4.69, 9.17) is 31.8 Å². The Morgan fingerprint density at radius 3 is 1.78 bits per heavy atom. The first-order chi connectivity index (χ1) is 15.2. The van der Waals surface area contributed by atoms with Crippen molar-refractivity contribution in [3.05, 3.63) is 71.8 Å². The lowest BCUT2D eigenvalue weighted by molar-refractivity contribution is -0.157. The minimum Gasteiger partial charge on any atom is -0.480 e. The molecule has 2 aromatic rings. The topological polar surface area (TPSA) is 168 Å². The highest BCUT2D eigenvalue weighted by Crippen LogP contribution is 2.04.